The Morgan fingerprint density at radius 2 is 2.08 bits per heavy atom. The predicted molar refractivity (Wildman–Crippen MR) is 41.0 cm³/mol. The second kappa shape index (κ2) is 3.42. The van der Waals surface area contributed by atoms with Gasteiger partial charge in [-0.15, -0.1) is 0 Å². The van der Waals surface area contributed by atoms with Gasteiger partial charge in [0.15, 0.2) is 0 Å². The molecule has 1 heterocycles. The number of hydrazone groups is 1. The molecule has 0 saturated carbocycles. The molecule has 0 aromatic carbocycles. The van der Waals surface area contributed by atoms with Gasteiger partial charge in [0.25, 0.3) is 0 Å². The molecule has 13 heavy (non-hydrogen) atoms. The van der Waals surface area contributed by atoms with Crippen molar-refractivity contribution in [1.29, 1.82) is 0 Å². The molecule has 1 aromatic heterocycles. The molecule has 0 spiro atoms. The smallest absolute Gasteiger partial charge is 0.323 e. The monoisotopic (exact) mass is 189 g/mol. The van der Waals surface area contributed by atoms with Crippen LogP contribution in [-0.2, 0) is 6.18 Å². The third-order valence-electron chi connectivity index (χ3n) is 1.27. The lowest BCUT2D eigenvalue weighted by Gasteiger charge is -2.04. The zero-order valence-electron chi connectivity index (χ0n) is 6.42. The fourth-order valence-corrected chi connectivity index (χ4v) is 0.758. The van der Waals surface area contributed by atoms with Gasteiger partial charge in [-0.1, -0.05) is 6.07 Å². The maximum atomic E-state index is 12.1. The SMILES string of the molecule is NN=Cc1cccc(C(F)(F)F)n1. The van der Waals surface area contributed by atoms with Crippen LogP contribution in [-0.4, -0.2) is 11.2 Å². The molecule has 0 amide bonds. The minimum absolute atomic E-state index is 0.0809. The lowest BCUT2D eigenvalue weighted by atomic mass is 10.3. The maximum Gasteiger partial charge on any atom is 0.433 e. The number of halogens is 3. The van der Waals surface area contributed by atoms with E-state index < -0.39 is 11.9 Å². The Balaban J connectivity index is 3.05. The summed E-state index contributed by atoms with van der Waals surface area (Å²) in [7, 11) is 0. The Morgan fingerprint density at radius 1 is 1.38 bits per heavy atom. The fraction of sp³-hybridized carbons (Fsp3) is 0.143. The summed E-state index contributed by atoms with van der Waals surface area (Å²) in [5, 5.41) is 3.07. The van der Waals surface area contributed by atoms with Gasteiger partial charge in [-0.3, -0.25) is 0 Å². The quantitative estimate of drug-likeness (QED) is 0.412. The molecule has 0 aliphatic heterocycles. The highest BCUT2D eigenvalue weighted by Gasteiger charge is 2.32. The summed E-state index contributed by atoms with van der Waals surface area (Å²) in [5.41, 5.74) is -0.873. The molecule has 0 saturated heterocycles. The third-order valence-corrected chi connectivity index (χ3v) is 1.27. The molecular formula is C7H6F3N3. The zero-order valence-corrected chi connectivity index (χ0v) is 6.42. The molecule has 70 valence electrons. The lowest BCUT2D eigenvalue weighted by Crippen LogP contribution is -2.09. The first-order valence-corrected chi connectivity index (χ1v) is 3.31. The highest BCUT2D eigenvalue weighted by Crippen LogP contribution is 2.27. The number of pyridine rings is 1. The van der Waals surface area contributed by atoms with E-state index in [1.165, 1.54) is 12.1 Å². The molecule has 1 rings (SSSR count). The van der Waals surface area contributed by atoms with Crippen molar-refractivity contribution in [2.45, 2.75) is 6.18 Å². The topological polar surface area (TPSA) is 51.3 Å². The van der Waals surface area contributed by atoms with Gasteiger partial charge in [0.2, 0.25) is 0 Å². The minimum atomic E-state index is -4.43. The third kappa shape index (κ3) is 2.43. The van der Waals surface area contributed by atoms with Crippen LogP contribution in [0.25, 0.3) is 0 Å². The van der Waals surface area contributed by atoms with Crippen LogP contribution in [0.2, 0.25) is 0 Å². The Labute approximate surface area is 72.1 Å². The van der Waals surface area contributed by atoms with Crippen molar-refractivity contribution in [2.75, 3.05) is 0 Å². The van der Waals surface area contributed by atoms with Crippen molar-refractivity contribution in [2.24, 2.45) is 10.9 Å². The van der Waals surface area contributed by atoms with Crippen LogP contribution in [0.4, 0.5) is 13.2 Å². The van der Waals surface area contributed by atoms with E-state index in [0.717, 1.165) is 12.3 Å². The molecule has 2 N–H and O–H groups in total. The van der Waals surface area contributed by atoms with E-state index in [0.29, 0.717) is 0 Å². The number of nitrogens with two attached hydrogens (primary N) is 1. The van der Waals surface area contributed by atoms with E-state index in [4.69, 9.17) is 5.84 Å². The maximum absolute atomic E-state index is 12.1. The molecule has 1 aromatic rings. The number of hydrogen-bond donors (Lipinski definition) is 1. The number of alkyl halides is 3. The van der Waals surface area contributed by atoms with Gasteiger partial charge in [-0.2, -0.15) is 18.3 Å². The second-order valence-electron chi connectivity index (χ2n) is 2.22. The first-order chi connectivity index (χ1) is 6.04. The van der Waals surface area contributed by atoms with Gasteiger partial charge in [0, 0.05) is 0 Å². The summed E-state index contributed by atoms with van der Waals surface area (Å²) in [6.07, 6.45) is -3.38. The molecular weight excluding hydrogens is 183 g/mol. The van der Waals surface area contributed by atoms with Crippen LogP contribution in [0.5, 0.6) is 0 Å². The van der Waals surface area contributed by atoms with E-state index >= 15 is 0 Å². The average Bonchev–Trinajstić information content (AvgIpc) is 2.04. The Hall–Kier alpha value is -1.59. The molecule has 0 radical (unpaired) electrons. The van der Waals surface area contributed by atoms with E-state index in [9.17, 15) is 13.2 Å². The standard InChI is InChI=1S/C7H6F3N3/c8-7(9,10)6-3-1-2-5(13-6)4-12-11/h1-4H,11H2. The van der Waals surface area contributed by atoms with Crippen molar-refractivity contribution in [3.8, 4) is 0 Å². The predicted octanol–water partition coefficient (Wildman–Crippen LogP) is 1.39. The Kier molecular flexibility index (Phi) is 2.50. The van der Waals surface area contributed by atoms with Gasteiger partial charge in [0.05, 0.1) is 11.9 Å². The van der Waals surface area contributed by atoms with Gasteiger partial charge in [0.1, 0.15) is 5.69 Å². The van der Waals surface area contributed by atoms with Crippen molar-refractivity contribution in [3.05, 3.63) is 29.6 Å². The first-order valence-electron chi connectivity index (χ1n) is 3.31. The van der Waals surface area contributed by atoms with Crippen LogP contribution >= 0.6 is 0 Å². The van der Waals surface area contributed by atoms with Crippen LogP contribution in [0, 0.1) is 0 Å². The molecule has 0 fully saturated rings. The Morgan fingerprint density at radius 3 is 2.62 bits per heavy atom. The fourth-order valence-electron chi connectivity index (χ4n) is 0.758. The molecule has 0 unspecified atom stereocenters. The normalized spacial score (nSPS) is 12.2. The highest BCUT2D eigenvalue weighted by atomic mass is 19.4. The van der Waals surface area contributed by atoms with Gasteiger partial charge in [-0.05, 0) is 12.1 Å². The van der Waals surface area contributed by atoms with Gasteiger partial charge in [-0.25, -0.2) is 4.98 Å². The van der Waals surface area contributed by atoms with Gasteiger partial charge < -0.3 is 5.84 Å². The van der Waals surface area contributed by atoms with Crippen LogP contribution < -0.4 is 5.84 Å². The van der Waals surface area contributed by atoms with Crippen molar-refractivity contribution < 1.29 is 13.2 Å². The number of rotatable bonds is 1. The zero-order chi connectivity index (χ0) is 9.90. The molecule has 3 nitrogen and oxygen atoms in total. The minimum Gasteiger partial charge on any atom is -0.323 e. The summed E-state index contributed by atoms with van der Waals surface area (Å²) in [6, 6.07) is 3.51. The Bertz CT molecular complexity index is 319. The molecule has 0 aliphatic carbocycles. The summed E-state index contributed by atoms with van der Waals surface area (Å²) < 4.78 is 36.2. The molecule has 6 heteroatoms. The van der Waals surface area contributed by atoms with Crippen molar-refractivity contribution in [3.63, 3.8) is 0 Å². The van der Waals surface area contributed by atoms with Crippen molar-refractivity contribution in [1.82, 2.24) is 4.98 Å². The summed E-state index contributed by atoms with van der Waals surface area (Å²) in [6.45, 7) is 0. The highest BCUT2D eigenvalue weighted by molar-refractivity contribution is 5.76. The van der Waals surface area contributed by atoms with E-state index in [1.807, 2.05) is 0 Å². The molecule has 0 aliphatic rings. The van der Waals surface area contributed by atoms with Crippen molar-refractivity contribution >= 4 is 6.21 Å². The largest absolute Gasteiger partial charge is 0.433 e. The number of nitrogens with zero attached hydrogens (tertiary/aromatic N) is 2. The lowest BCUT2D eigenvalue weighted by molar-refractivity contribution is -0.141. The van der Waals surface area contributed by atoms with Crippen LogP contribution in [0.3, 0.4) is 0 Å². The van der Waals surface area contributed by atoms with Crippen LogP contribution in [0.1, 0.15) is 11.4 Å². The van der Waals surface area contributed by atoms with E-state index in [1.54, 1.807) is 0 Å². The first kappa shape index (κ1) is 9.50. The average molecular weight is 189 g/mol. The summed E-state index contributed by atoms with van der Waals surface area (Å²) in [4.78, 5) is 3.28. The van der Waals surface area contributed by atoms with E-state index in [-0.39, 0.29) is 5.69 Å². The van der Waals surface area contributed by atoms with Gasteiger partial charge >= 0.3 is 6.18 Å². The molecule has 0 atom stereocenters. The number of aromatic nitrogens is 1. The number of hydrogen-bond acceptors (Lipinski definition) is 3. The second-order valence-corrected chi connectivity index (χ2v) is 2.22. The van der Waals surface area contributed by atoms with Crippen LogP contribution in [0.15, 0.2) is 23.3 Å². The van der Waals surface area contributed by atoms with E-state index in [2.05, 4.69) is 10.1 Å². The molecule has 0 bridgehead atoms. The summed E-state index contributed by atoms with van der Waals surface area (Å²) >= 11 is 0. The summed E-state index contributed by atoms with van der Waals surface area (Å²) in [5.74, 6) is 4.77.